The number of hydrogen-bond donors (Lipinski definition) is 0. The molecule has 3 aliphatic rings. The highest BCUT2D eigenvalue weighted by atomic mass is 19.1. The van der Waals surface area contributed by atoms with Crippen molar-refractivity contribution in [2.45, 2.75) is 116 Å². The molecule has 0 spiro atoms. The quantitative estimate of drug-likeness (QED) is 0.114. The molecule has 6 nitrogen and oxygen atoms in total. The molecule has 0 aromatic heterocycles. The second-order valence-electron chi connectivity index (χ2n) is 21.4. The van der Waals surface area contributed by atoms with E-state index in [0.29, 0.717) is 0 Å². The van der Waals surface area contributed by atoms with E-state index in [1.54, 1.807) is 0 Å². The summed E-state index contributed by atoms with van der Waals surface area (Å²) in [6, 6.07) is 52.4. The number of halogens is 2. The fraction of sp³-hybridized carbons (Fsp3) is 0.300. The zero-order chi connectivity index (χ0) is 49.4. The molecule has 10 rings (SSSR count). The molecule has 0 unspecified atom stereocenters. The smallest absolute Gasteiger partial charge is 0.399 e. The average Bonchev–Trinajstić information content (AvgIpc) is 3.83. The zero-order valence-electron chi connectivity index (χ0n) is 42.1. The van der Waals surface area contributed by atoms with E-state index < -0.39 is 42.1 Å². The monoisotopic (exact) mass is 934 g/mol. The third kappa shape index (κ3) is 8.36. The molecule has 7 aromatic carbocycles. The highest BCUT2D eigenvalue weighted by Gasteiger charge is 2.53. The van der Waals surface area contributed by atoms with Crippen LogP contribution in [0.2, 0.25) is 0 Å². The van der Waals surface area contributed by atoms with Gasteiger partial charge in [0, 0.05) is 39.5 Å². The van der Waals surface area contributed by atoms with Crippen LogP contribution in [0, 0.1) is 11.6 Å². The van der Waals surface area contributed by atoms with Crippen molar-refractivity contribution in [3.63, 3.8) is 0 Å². The topological polar surface area (TPSA) is 43.4 Å². The fourth-order valence-electron chi connectivity index (χ4n) is 10.1. The number of anilines is 6. The van der Waals surface area contributed by atoms with Crippen LogP contribution in [0.1, 0.15) is 104 Å². The van der Waals surface area contributed by atoms with Gasteiger partial charge in [-0.1, -0.05) is 74.0 Å². The van der Waals surface area contributed by atoms with Gasteiger partial charge in [-0.25, -0.2) is 8.78 Å². The van der Waals surface area contributed by atoms with E-state index >= 15 is 0 Å². The normalized spacial score (nSPS) is 17.9. The van der Waals surface area contributed by atoms with E-state index in [2.05, 4.69) is 188 Å². The van der Waals surface area contributed by atoms with Crippen molar-refractivity contribution < 1.29 is 27.4 Å². The number of benzene rings is 7. The molecule has 2 aliphatic heterocycles. The molecule has 0 bridgehead atoms. The minimum atomic E-state index is -0.509. The first-order valence-corrected chi connectivity index (χ1v) is 24.7. The Bertz CT molecular complexity index is 2820. The summed E-state index contributed by atoms with van der Waals surface area (Å²) in [7, 11) is -1.02. The number of nitrogens with zero attached hydrogens (tertiary/aromatic N) is 2. The number of fused-ring (bicyclic) bond motifs is 3. The van der Waals surface area contributed by atoms with Crippen molar-refractivity contribution in [2.75, 3.05) is 9.80 Å². The summed E-state index contributed by atoms with van der Waals surface area (Å²) in [5.41, 5.74) is 11.8. The Morgan fingerprint density at radius 2 is 0.743 bits per heavy atom. The first-order chi connectivity index (χ1) is 33.3. The van der Waals surface area contributed by atoms with Crippen molar-refractivity contribution in [1.82, 2.24) is 0 Å². The van der Waals surface area contributed by atoms with Gasteiger partial charge in [-0.15, -0.1) is 0 Å². The molecule has 1 aliphatic carbocycles. The zero-order valence-corrected chi connectivity index (χ0v) is 42.1. The second-order valence-corrected chi connectivity index (χ2v) is 21.4. The molecule has 2 heterocycles. The second kappa shape index (κ2) is 17.7. The van der Waals surface area contributed by atoms with Crippen molar-refractivity contribution in [1.29, 1.82) is 0 Å². The summed E-state index contributed by atoms with van der Waals surface area (Å²) in [5.74, 6) is -0.611. The fourth-order valence-corrected chi connectivity index (χ4v) is 10.1. The largest absolute Gasteiger partial charge is 0.494 e. The van der Waals surface area contributed by atoms with Gasteiger partial charge in [0.2, 0.25) is 0 Å². The maximum Gasteiger partial charge on any atom is 0.494 e. The molecule has 2 fully saturated rings. The first-order valence-electron chi connectivity index (χ1n) is 24.7. The Morgan fingerprint density at radius 3 is 1.09 bits per heavy atom. The summed E-state index contributed by atoms with van der Waals surface area (Å²) < 4.78 is 54.9. The molecular formula is C60H62B2F2N2O4. The van der Waals surface area contributed by atoms with Crippen LogP contribution in [-0.4, -0.2) is 36.6 Å². The maximum atomic E-state index is 14.6. The summed E-state index contributed by atoms with van der Waals surface area (Å²) in [6.07, 6.45) is 3.33. The van der Waals surface area contributed by atoms with Crippen LogP contribution in [0.15, 0.2) is 158 Å². The molecular weight excluding hydrogens is 872 g/mol. The molecule has 10 heteroatoms. The van der Waals surface area contributed by atoms with Gasteiger partial charge in [0.25, 0.3) is 0 Å². The number of rotatable bonds is 12. The molecule has 0 saturated carbocycles. The van der Waals surface area contributed by atoms with Gasteiger partial charge in [-0.2, -0.15) is 0 Å². The molecule has 356 valence electrons. The summed E-state index contributed by atoms with van der Waals surface area (Å²) in [4.78, 5) is 4.34. The third-order valence-corrected chi connectivity index (χ3v) is 15.8. The first kappa shape index (κ1) is 47.6. The lowest BCUT2D eigenvalue weighted by atomic mass is 9.74. The Balaban J connectivity index is 1.10. The minimum absolute atomic E-state index is 0.305. The van der Waals surface area contributed by atoms with E-state index in [1.165, 1.54) is 46.5 Å². The lowest BCUT2D eigenvalue weighted by Crippen LogP contribution is -2.41. The van der Waals surface area contributed by atoms with E-state index in [4.69, 9.17) is 18.6 Å². The Kier molecular flexibility index (Phi) is 12.0. The predicted octanol–water partition coefficient (Wildman–Crippen LogP) is 14.2. The predicted molar refractivity (Wildman–Crippen MR) is 283 cm³/mol. The van der Waals surface area contributed by atoms with Gasteiger partial charge in [-0.05, 0) is 217 Å². The van der Waals surface area contributed by atoms with Gasteiger partial charge < -0.3 is 28.4 Å². The van der Waals surface area contributed by atoms with Gasteiger partial charge in [0.05, 0.1) is 22.4 Å². The molecule has 7 aromatic rings. The SMILES string of the molecule is CCCCc1ccc(C2(C)c3ccc(N(c4ccc(F)cc4)c4ccc(B5OC(C)(C)C(C)(C)O5)cc4)cc3-c3cc(N(c4ccc(F)cc4)c4ccc(B5OC(C)(C)C(C)(C)O5)cc4)ccc32)cc1. The van der Waals surface area contributed by atoms with Crippen molar-refractivity contribution in [3.8, 4) is 11.1 Å². The maximum absolute atomic E-state index is 14.6. The Labute approximate surface area is 413 Å². The molecule has 0 amide bonds. The van der Waals surface area contributed by atoms with E-state index in [-0.39, 0.29) is 11.6 Å². The van der Waals surface area contributed by atoms with Crippen molar-refractivity contribution in [2.24, 2.45) is 0 Å². The summed E-state index contributed by atoms with van der Waals surface area (Å²) in [6.45, 7) is 21.0. The van der Waals surface area contributed by atoms with Gasteiger partial charge in [0.1, 0.15) is 11.6 Å². The number of aryl methyl sites for hydroxylation is 1. The molecule has 70 heavy (non-hydrogen) atoms. The van der Waals surface area contributed by atoms with Crippen LogP contribution in [0.5, 0.6) is 0 Å². The number of unbranched alkanes of at least 4 members (excludes halogenated alkanes) is 1. The highest BCUT2D eigenvalue weighted by molar-refractivity contribution is 6.62. The lowest BCUT2D eigenvalue weighted by molar-refractivity contribution is 0.00578. The molecule has 0 atom stereocenters. The van der Waals surface area contributed by atoms with Gasteiger partial charge in [-0.3, -0.25) is 0 Å². The molecule has 0 N–H and O–H groups in total. The van der Waals surface area contributed by atoms with Crippen LogP contribution >= 0.6 is 0 Å². The molecule has 0 radical (unpaired) electrons. The van der Waals surface area contributed by atoms with Gasteiger partial charge in [0.15, 0.2) is 0 Å². The number of hydrogen-bond acceptors (Lipinski definition) is 6. The minimum Gasteiger partial charge on any atom is -0.399 e. The molecule has 2 saturated heterocycles. The Morgan fingerprint density at radius 1 is 0.414 bits per heavy atom. The average molecular weight is 935 g/mol. The van der Waals surface area contributed by atoms with Crippen LogP contribution in [0.25, 0.3) is 11.1 Å². The van der Waals surface area contributed by atoms with Crippen LogP contribution in [-0.2, 0) is 30.5 Å². The lowest BCUT2D eigenvalue weighted by Gasteiger charge is -2.32. The Hall–Kier alpha value is -6.03. The third-order valence-electron chi connectivity index (χ3n) is 15.8. The van der Waals surface area contributed by atoms with E-state index in [0.717, 1.165) is 75.4 Å². The van der Waals surface area contributed by atoms with Crippen LogP contribution < -0.4 is 20.7 Å². The standard InChI is InChI=1S/C60H62B2F2N2O4/c1-11-12-13-40-14-16-41(17-15-40)60(10)54-36-34-50(65(48-30-22-44(63)23-31-48)46-26-18-42(19-27-46)61-67-56(2,3)57(4,5)68-61)38-52(54)53-39-51(35-37-55(53)60)66(49-32-24-45(64)25-33-49)47-28-20-43(21-29-47)62-69-58(6,7)59(8,9)70-62/h14-39H,11-13H2,1-10H3. The highest BCUT2D eigenvalue weighted by Crippen LogP contribution is 2.55. The van der Waals surface area contributed by atoms with Crippen molar-refractivity contribution >= 4 is 59.3 Å². The van der Waals surface area contributed by atoms with Crippen LogP contribution in [0.4, 0.5) is 42.9 Å². The summed E-state index contributed by atoms with van der Waals surface area (Å²) >= 11 is 0. The van der Waals surface area contributed by atoms with Gasteiger partial charge >= 0.3 is 14.2 Å². The van der Waals surface area contributed by atoms with E-state index in [9.17, 15) is 8.78 Å². The van der Waals surface area contributed by atoms with Crippen molar-refractivity contribution in [3.05, 3.63) is 192 Å². The summed E-state index contributed by atoms with van der Waals surface area (Å²) in [5, 5.41) is 0. The van der Waals surface area contributed by atoms with Crippen LogP contribution in [0.3, 0.4) is 0 Å². The van der Waals surface area contributed by atoms with E-state index in [1.807, 2.05) is 24.3 Å².